The zero-order valence-electron chi connectivity index (χ0n) is 11.1. The number of ether oxygens (including phenoxy) is 2. The zero-order chi connectivity index (χ0) is 14.4. The van der Waals surface area contributed by atoms with Gasteiger partial charge >= 0.3 is 0 Å². The SMILES string of the molecule is CC(=O)c1cc(Br)ccc1OCCOc1ccccc1. The first kappa shape index (κ1) is 14.6. The summed E-state index contributed by atoms with van der Waals surface area (Å²) >= 11 is 3.34. The van der Waals surface area contributed by atoms with Crippen LogP contribution in [0.25, 0.3) is 0 Å². The molecule has 0 heterocycles. The van der Waals surface area contributed by atoms with Crippen molar-refractivity contribution in [3.8, 4) is 11.5 Å². The number of carbonyl (C=O) groups is 1. The molecule has 0 N–H and O–H groups in total. The highest BCUT2D eigenvalue weighted by molar-refractivity contribution is 9.10. The maximum atomic E-state index is 11.5. The summed E-state index contributed by atoms with van der Waals surface area (Å²) < 4.78 is 12.0. The average Bonchev–Trinajstić information content (AvgIpc) is 2.45. The number of Topliss-reactive ketones (excluding diaryl/α,β-unsaturated/α-hetero) is 1. The highest BCUT2D eigenvalue weighted by atomic mass is 79.9. The summed E-state index contributed by atoms with van der Waals surface area (Å²) in [6.45, 7) is 2.34. The van der Waals surface area contributed by atoms with Gasteiger partial charge in [0.05, 0.1) is 5.56 Å². The lowest BCUT2D eigenvalue weighted by molar-refractivity contribution is 0.101. The monoisotopic (exact) mass is 334 g/mol. The number of benzene rings is 2. The van der Waals surface area contributed by atoms with Gasteiger partial charge in [-0.25, -0.2) is 0 Å². The molecular formula is C16H15BrO3. The van der Waals surface area contributed by atoms with Gasteiger partial charge in [0.25, 0.3) is 0 Å². The molecule has 0 saturated carbocycles. The molecule has 4 heteroatoms. The van der Waals surface area contributed by atoms with Gasteiger partial charge in [-0.3, -0.25) is 4.79 Å². The van der Waals surface area contributed by atoms with E-state index in [-0.39, 0.29) is 5.78 Å². The minimum atomic E-state index is -0.0229. The van der Waals surface area contributed by atoms with Crippen LogP contribution in [0.2, 0.25) is 0 Å². The second kappa shape index (κ2) is 7.10. The van der Waals surface area contributed by atoms with E-state index in [9.17, 15) is 4.79 Å². The minimum Gasteiger partial charge on any atom is -0.490 e. The van der Waals surface area contributed by atoms with E-state index in [0.29, 0.717) is 24.5 Å². The first-order chi connectivity index (χ1) is 9.66. The van der Waals surface area contributed by atoms with Crippen molar-refractivity contribution in [1.82, 2.24) is 0 Å². The van der Waals surface area contributed by atoms with Gasteiger partial charge in [-0.05, 0) is 37.3 Å². The zero-order valence-corrected chi connectivity index (χ0v) is 12.7. The second-order valence-electron chi connectivity index (χ2n) is 4.21. The summed E-state index contributed by atoms with van der Waals surface area (Å²) in [5.41, 5.74) is 0.569. The molecule has 0 atom stereocenters. The Balaban J connectivity index is 1.90. The number of hydrogen-bond acceptors (Lipinski definition) is 3. The third-order valence-electron chi connectivity index (χ3n) is 2.67. The predicted octanol–water partition coefficient (Wildman–Crippen LogP) is 4.11. The van der Waals surface area contributed by atoms with Crippen molar-refractivity contribution < 1.29 is 14.3 Å². The van der Waals surface area contributed by atoms with Crippen molar-refractivity contribution in [3.05, 3.63) is 58.6 Å². The molecule has 0 saturated heterocycles. The second-order valence-corrected chi connectivity index (χ2v) is 5.12. The van der Waals surface area contributed by atoms with Crippen molar-refractivity contribution in [3.63, 3.8) is 0 Å². The van der Waals surface area contributed by atoms with Crippen molar-refractivity contribution in [2.45, 2.75) is 6.92 Å². The van der Waals surface area contributed by atoms with Crippen LogP contribution in [0, 0.1) is 0 Å². The lowest BCUT2D eigenvalue weighted by Crippen LogP contribution is -2.10. The van der Waals surface area contributed by atoms with E-state index in [1.54, 1.807) is 12.1 Å². The Hall–Kier alpha value is -1.81. The Morgan fingerprint density at radius 1 is 1.05 bits per heavy atom. The molecule has 3 nitrogen and oxygen atoms in total. The van der Waals surface area contributed by atoms with E-state index in [2.05, 4.69) is 15.9 Å². The van der Waals surface area contributed by atoms with Crippen molar-refractivity contribution in [2.24, 2.45) is 0 Å². The van der Waals surface area contributed by atoms with E-state index in [4.69, 9.17) is 9.47 Å². The van der Waals surface area contributed by atoms with Gasteiger partial charge in [0.15, 0.2) is 5.78 Å². The minimum absolute atomic E-state index is 0.0229. The van der Waals surface area contributed by atoms with Gasteiger partial charge in [0.1, 0.15) is 24.7 Å². The Bertz CT molecular complexity index is 582. The standard InChI is InChI=1S/C16H15BrO3/c1-12(18)15-11-13(17)7-8-16(15)20-10-9-19-14-5-3-2-4-6-14/h2-8,11H,9-10H2,1H3. The number of carbonyl (C=O) groups excluding carboxylic acids is 1. The summed E-state index contributed by atoms with van der Waals surface area (Å²) in [6, 6.07) is 14.9. The van der Waals surface area contributed by atoms with Crippen LogP contribution in [0.3, 0.4) is 0 Å². The van der Waals surface area contributed by atoms with Crippen LogP contribution >= 0.6 is 15.9 Å². The van der Waals surface area contributed by atoms with E-state index in [1.807, 2.05) is 36.4 Å². The Kier molecular flexibility index (Phi) is 5.18. The highest BCUT2D eigenvalue weighted by Gasteiger charge is 2.09. The Labute approximate surface area is 126 Å². The molecule has 0 aliphatic rings. The van der Waals surface area contributed by atoms with Crippen LogP contribution in [0.4, 0.5) is 0 Å². The highest BCUT2D eigenvalue weighted by Crippen LogP contribution is 2.23. The summed E-state index contributed by atoms with van der Waals surface area (Å²) in [6.07, 6.45) is 0. The van der Waals surface area contributed by atoms with E-state index in [0.717, 1.165) is 10.2 Å². The van der Waals surface area contributed by atoms with Crippen LogP contribution < -0.4 is 9.47 Å². The third-order valence-corrected chi connectivity index (χ3v) is 3.17. The van der Waals surface area contributed by atoms with Crippen LogP contribution in [-0.4, -0.2) is 19.0 Å². The Morgan fingerprint density at radius 3 is 2.45 bits per heavy atom. The van der Waals surface area contributed by atoms with Crippen LogP contribution in [0.15, 0.2) is 53.0 Å². The van der Waals surface area contributed by atoms with Crippen molar-refractivity contribution in [2.75, 3.05) is 13.2 Å². The summed E-state index contributed by atoms with van der Waals surface area (Å²) in [7, 11) is 0. The lowest BCUT2D eigenvalue weighted by atomic mass is 10.1. The van der Waals surface area contributed by atoms with Gasteiger partial charge in [-0.1, -0.05) is 34.1 Å². The molecule has 0 spiro atoms. The molecule has 0 bridgehead atoms. The molecule has 2 aromatic carbocycles. The maximum Gasteiger partial charge on any atom is 0.163 e. The van der Waals surface area contributed by atoms with Gasteiger partial charge in [0.2, 0.25) is 0 Å². The normalized spacial score (nSPS) is 10.1. The number of ketones is 1. The molecule has 0 radical (unpaired) electrons. The summed E-state index contributed by atoms with van der Waals surface area (Å²) in [5, 5.41) is 0. The molecule has 104 valence electrons. The lowest BCUT2D eigenvalue weighted by Gasteiger charge is -2.11. The quantitative estimate of drug-likeness (QED) is 0.589. The van der Waals surface area contributed by atoms with E-state index < -0.39 is 0 Å². The number of rotatable bonds is 6. The molecule has 0 aromatic heterocycles. The van der Waals surface area contributed by atoms with Crippen molar-refractivity contribution >= 4 is 21.7 Å². The molecule has 2 rings (SSSR count). The van der Waals surface area contributed by atoms with E-state index in [1.165, 1.54) is 6.92 Å². The topological polar surface area (TPSA) is 35.5 Å². The molecular weight excluding hydrogens is 320 g/mol. The fourth-order valence-electron chi connectivity index (χ4n) is 1.73. The summed E-state index contributed by atoms with van der Waals surface area (Å²) in [5.74, 6) is 1.36. The maximum absolute atomic E-state index is 11.5. The molecule has 20 heavy (non-hydrogen) atoms. The van der Waals surface area contributed by atoms with Crippen molar-refractivity contribution in [1.29, 1.82) is 0 Å². The first-order valence-electron chi connectivity index (χ1n) is 6.28. The largest absolute Gasteiger partial charge is 0.490 e. The predicted molar refractivity (Wildman–Crippen MR) is 81.6 cm³/mol. The smallest absolute Gasteiger partial charge is 0.163 e. The first-order valence-corrected chi connectivity index (χ1v) is 7.07. The number of halogens is 1. The molecule has 0 fully saturated rings. The Morgan fingerprint density at radius 2 is 1.75 bits per heavy atom. The van der Waals surface area contributed by atoms with Crippen LogP contribution in [0.5, 0.6) is 11.5 Å². The molecule has 0 aliphatic heterocycles. The molecule has 0 aliphatic carbocycles. The third kappa shape index (κ3) is 4.10. The molecule has 0 unspecified atom stereocenters. The van der Waals surface area contributed by atoms with Gasteiger partial charge in [-0.15, -0.1) is 0 Å². The summed E-state index contributed by atoms with van der Waals surface area (Å²) in [4.78, 5) is 11.5. The van der Waals surface area contributed by atoms with Gasteiger partial charge in [0, 0.05) is 4.47 Å². The van der Waals surface area contributed by atoms with E-state index >= 15 is 0 Å². The fourth-order valence-corrected chi connectivity index (χ4v) is 2.09. The van der Waals surface area contributed by atoms with Crippen LogP contribution in [-0.2, 0) is 0 Å². The number of para-hydroxylation sites is 1. The van der Waals surface area contributed by atoms with Gasteiger partial charge < -0.3 is 9.47 Å². The number of hydrogen-bond donors (Lipinski definition) is 0. The fraction of sp³-hybridized carbons (Fsp3) is 0.188. The average molecular weight is 335 g/mol. The molecule has 0 amide bonds. The molecule has 2 aromatic rings. The van der Waals surface area contributed by atoms with Crippen LogP contribution in [0.1, 0.15) is 17.3 Å². The van der Waals surface area contributed by atoms with Gasteiger partial charge in [-0.2, -0.15) is 0 Å².